The van der Waals surface area contributed by atoms with Crippen LogP contribution in [0.3, 0.4) is 0 Å². The average molecular weight is 431 g/mol. The van der Waals surface area contributed by atoms with Crippen molar-refractivity contribution in [1.82, 2.24) is 15.2 Å². The summed E-state index contributed by atoms with van der Waals surface area (Å²) in [5.41, 5.74) is 5.13. The van der Waals surface area contributed by atoms with Crippen LogP contribution < -0.4 is 10.2 Å². The van der Waals surface area contributed by atoms with Crippen molar-refractivity contribution in [3.63, 3.8) is 0 Å². The van der Waals surface area contributed by atoms with Crippen LogP contribution in [0.5, 0.6) is 11.5 Å². The number of methoxy groups -OCH3 is 1. The zero-order valence-corrected chi connectivity index (χ0v) is 18.0. The molecule has 0 saturated carbocycles. The number of hydrogen-bond donors (Lipinski definition) is 2. The SMILES string of the molecule is COc1cc(/C(C)=N/NC(=O)CN2CCN(Cc3ccccc3Cl)CC2)ccc1O. The van der Waals surface area contributed by atoms with Crippen molar-refractivity contribution in [3.8, 4) is 11.5 Å². The Balaban J connectivity index is 1.45. The van der Waals surface area contributed by atoms with Gasteiger partial charge < -0.3 is 9.84 Å². The third-order valence-electron chi connectivity index (χ3n) is 5.13. The maximum absolute atomic E-state index is 12.3. The summed E-state index contributed by atoms with van der Waals surface area (Å²) in [6, 6.07) is 12.8. The first kappa shape index (κ1) is 22.1. The van der Waals surface area contributed by atoms with Crippen LogP contribution in [0.2, 0.25) is 5.02 Å². The van der Waals surface area contributed by atoms with E-state index in [0.717, 1.165) is 48.9 Å². The number of hydrazone groups is 1. The van der Waals surface area contributed by atoms with Gasteiger partial charge in [-0.15, -0.1) is 0 Å². The molecular weight excluding hydrogens is 404 g/mol. The van der Waals surface area contributed by atoms with Crippen molar-refractivity contribution in [2.45, 2.75) is 13.5 Å². The Kier molecular flexibility index (Phi) is 7.68. The molecule has 2 aromatic rings. The number of carbonyl (C=O) groups excluding carboxylic acids is 1. The molecule has 2 N–H and O–H groups in total. The number of piperazine rings is 1. The van der Waals surface area contributed by atoms with Gasteiger partial charge in [0.15, 0.2) is 11.5 Å². The van der Waals surface area contributed by atoms with E-state index in [9.17, 15) is 9.90 Å². The van der Waals surface area contributed by atoms with Gasteiger partial charge in [-0.2, -0.15) is 5.10 Å². The summed E-state index contributed by atoms with van der Waals surface area (Å²) in [4.78, 5) is 16.7. The number of benzene rings is 2. The molecule has 0 bridgehead atoms. The molecule has 1 saturated heterocycles. The van der Waals surface area contributed by atoms with Crippen LogP contribution in [0.4, 0.5) is 0 Å². The van der Waals surface area contributed by atoms with Crippen LogP contribution in [0, 0.1) is 0 Å². The third kappa shape index (κ3) is 5.95. The number of ether oxygens (including phenoxy) is 1. The summed E-state index contributed by atoms with van der Waals surface area (Å²) in [5.74, 6) is 0.273. The van der Waals surface area contributed by atoms with Crippen LogP contribution in [0.25, 0.3) is 0 Å². The Morgan fingerprint density at radius 2 is 1.87 bits per heavy atom. The second kappa shape index (κ2) is 10.4. The largest absolute Gasteiger partial charge is 0.504 e. The number of rotatable bonds is 7. The summed E-state index contributed by atoms with van der Waals surface area (Å²) in [5, 5.41) is 14.6. The van der Waals surface area contributed by atoms with Crippen molar-refractivity contribution in [3.05, 3.63) is 58.6 Å². The fourth-order valence-electron chi connectivity index (χ4n) is 3.32. The molecule has 1 amide bonds. The van der Waals surface area contributed by atoms with E-state index in [1.807, 2.05) is 24.3 Å². The molecule has 0 radical (unpaired) electrons. The highest BCUT2D eigenvalue weighted by atomic mass is 35.5. The minimum atomic E-state index is -0.153. The van der Waals surface area contributed by atoms with Gasteiger partial charge in [-0.1, -0.05) is 29.8 Å². The van der Waals surface area contributed by atoms with Crippen LogP contribution in [0.15, 0.2) is 47.6 Å². The lowest BCUT2D eigenvalue weighted by atomic mass is 10.1. The molecule has 2 aromatic carbocycles. The summed E-state index contributed by atoms with van der Waals surface area (Å²) < 4.78 is 5.10. The van der Waals surface area contributed by atoms with Crippen LogP contribution >= 0.6 is 11.6 Å². The number of nitrogens with one attached hydrogen (secondary N) is 1. The van der Waals surface area contributed by atoms with Gasteiger partial charge in [0.05, 0.1) is 19.4 Å². The molecular formula is C22H27ClN4O3. The number of halogens is 1. The molecule has 0 aromatic heterocycles. The highest BCUT2D eigenvalue weighted by molar-refractivity contribution is 6.31. The fraction of sp³-hybridized carbons (Fsp3) is 0.364. The summed E-state index contributed by atoms with van der Waals surface area (Å²) in [7, 11) is 1.49. The first-order valence-corrected chi connectivity index (χ1v) is 10.2. The first-order chi connectivity index (χ1) is 14.5. The van der Waals surface area contributed by atoms with Crippen LogP contribution in [-0.4, -0.2) is 66.4 Å². The molecule has 0 atom stereocenters. The number of nitrogens with zero attached hydrogens (tertiary/aromatic N) is 3. The molecule has 0 spiro atoms. The summed E-state index contributed by atoms with van der Waals surface area (Å²) in [6.45, 7) is 6.31. The van der Waals surface area contributed by atoms with Gasteiger partial charge in [-0.05, 0) is 36.8 Å². The van der Waals surface area contributed by atoms with Gasteiger partial charge in [0, 0.05) is 43.3 Å². The van der Waals surface area contributed by atoms with E-state index >= 15 is 0 Å². The number of amides is 1. The maximum Gasteiger partial charge on any atom is 0.254 e. The fourth-order valence-corrected chi connectivity index (χ4v) is 3.52. The second-order valence-electron chi connectivity index (χ2n) is 7.26. The predicted octanol–water partition coefficient (Wildman–Crippen LogP) is 2.71. The lowest BCUT2D eigenvalue weighted by molar-refractivity contribution is -0.122. The van der Waals surface area contributed by atoms with Gasteiger partial charge in [0.1, 0.15) is 0 Å². The summed E-state index contributed by atoms with van der Waals surface area (Å²) in [6.07, 6.45) is 0. The third-order valence-corrected chi connectivity index (χ3v) is 5.50. The predicted molar refractivity (Wildman–Crippen MR) is 118 cm³/mol. The van der Waals surface area contributed by atoms with Gasteiger partial charge in [0.25, 0.3) is 5.91 Å². The molecule has 8 heteroatoms. The van der Waals surface area contributed by atoms with Crippen molar-refractivity contribution >= 4 is 23.2 Å². The molecule has 0 aliphatic carbocycles. The number of hydrogen-bond acceptors (Lipinski definition) is 6. The van der Waals surface area contributed by atoms with E-state index in [0.29, 0.717) is 18.0 Å². The average Bonchev–Trinajstić information content (AvgIpc) is 2.75. The van der Waals surface area contributed by atoms with Crippen LogP contribution in [-0.2, 0) is 11.3 Å². The molecule has 1 heterocycles. The van der Waals surface area contributed by atoms with Crippen molar-refractivity contribution in [2.75, 3.05) is 39.8 Å². The topological polar surface area (TPSA) is 77.4 Å². The zero-order chi connectivity index (χ0) is 21.5. The molecule has 1 aliphatic rings. The Labute approximate surface area is 181 Å². The molecule has 1 fully saturated rings. The smallest absolute Gasteiger partial charge is 0.254 e. The Bertz CT molecular complexity index is 911. The Morgan fingerprint density at radius 1 is 1.17 bits per heavy atom. The quantitative estimate of drug-likeness (QED) is 0.521. The number of phenols is 1. The lowest BCUT2D eigenvalue weighted by Gasteiger charge is -2.34. The Morgan fingerprint density at radius 3 is 2.57 bits per heavy atom. The molecule has 0 unspecified atom stereocenters. The minimum absolute atomic E-state index is 0.0618. The molecule has 7 nitrogen and oxygen atoms in total. The van der Waals surface area contributed by atoms with E-state index in [4.69, 9.17) is 16.3 Å². The second-order valence-corrected chi connectivity index (χ2v) is 7.67. The van der Waals surface area contributed by atoms with Gasteiger partial charge in [0.2, 0.25) is 0 Å². The lowest BCUT2D eigenvalue weighted by Crippen LogP contribution is -2.48. The number of phenolic OH excluding ortho intramolecular Hbond substituents is 1. The van der Waals surface area contributed by atoms with E-state index in [-0.39, 0.29) is 11.7 Å². The zero-order valence-electron chi connectivity index (χ0n) is 17.3. The Hall–Kier alpha value is -2.61. The van der Waals surface area contributed by atoms with Gasteiger partial charge in [-0.3, -0.25) is 14.6 Å². The monoisotopic (exact) mass is 430 g/mol. The first-order valence-electron chi connectivity index (χ1n) is 9.85. The molecule has 1 aliphatic heterocycles. The van der Waals surface area contributed by atoms with E-state index in [1.54, 1.807) is 19.1 Å². The molecule has 160 valence electrons. The number of carbonyl (C=O) groups is 1. The maximum atomic E-state index is 12.3. The van der Waals surface area contributed by atoms with Gasteiger partial charge >= 0.3 is 0 Å². The van der Waals surface area contributed by atoms with E-state index in [1.165, 1.54) is 13.2 Å². The normalized spacial score (nSPS) is 15.8. The van der Waals surface area contributed by atoms with E-state index < -0.39 is 0 Å². The molecule has 3 rings (SSSR count). The minimum Gasteiger partial charge on any atom is -0.504 e. The van der Waals surface area contributed by atoms with Crippen molar-refractivity contribution in [2.24, 2.45) is 5.10 Å². The van der Waals surface area contributed by atoms with Crippen LogP contribution in [0.1, 0.15) is 18.1 Å². The van der Waals surface area contributed by atoms with Crippen molar-refractivity contribution in [1.29, 1.82) is 0 Å². The van der Waals surface area contributed by atoms with E-state index in [2.05, 4.69) is 20.3 Å². The summed E-state index contributed by atoms with van der Waals surface area (Å²) >= 11 is 6.25. The standard InChI is InChI=1S/C22H27ClN4O3/c1-16(17-7-8-20(28)21(13-17)30-2)24-25-22(29)15-27-11-9-26(10-12-27)14-18-5-3-4-6-19(18)23/h3-8,13,28H,9-12,14-15H2,1-2H3,(H,25,29)/b24-16+. The number of aromatic hydroxyl groups is 1. The molecule has 30 heavy (non-hydrogen) atoms. The highest BCUT2D eigenvalue weighted by Gasteiger charge is 2.19. The highest BCUT2D eigenvalue weighted by Crippen LogP contribution is 2.26. The van der Waals surface area contributed by atoms with Gasteiger partial charge in [-0.25, -0.2) is 5.43 Å². The van der Waals surface area contributed by atoms with Crippen molar-refractivity contribution < 1.29 is 14.6 Å².